The average molecular weight is 303 g/mol. The zero-order valence-electron chi connectivity index (χ0n) is 11.5. The summed E-state index contributed by atoms with van der Waals surface area (Å²) >= 11 is 1.47. The molecular formula is C14H13N3O3S. The van der Waals surface area contributed by atoms with Crippen LogP contribution in [0.2, 0.25) is 0 Å². The van der Waals surface area contributed by atoms with Gasteiger partial charge in [0.15, 0.2) is 5.76 Å². The van der Waals surface area contributed by atoms with Crippen LogP contribution in [0, 0.1) is 0 Å². The standard InChI is InChI=1S/C14H13N3O3S/c1-8(2)17-7-15-4-11(17)13-16-10(6-21-13)12-3-9(5-20-12)14(18)19/h3-8H,1-2H3,(H,18,19). The number of imidazole rings is 1. The van der Waals surface area contributed by atoms with Crippen LogP contribution in [0.5, 0.6) is 0 Å². The molecule has 21 heavy (non-hydrogen) atoms. The second kappa shape index (κ2) is 5.17. The van der Waals surface area contributed by atoms with Crippen molar-refractivity contribution in [2.75, 3.05) is 0 Å². The first-order chi connectivity index (χ1) is 10.1. The van der Waals surface area contributed by atoms with Crippen molar-refractivity contribution in [2.24, 2.45) is 0 Å². The maximum Gasteiger partial charge on any atom is 0.338 e. The number of thiazole rings is 1. The Bertz CT molecular complexity index is 785. The molecule has 0 fully saturated rings. The van der Waals surface area contributed by atoms with Crippen molar-refractivity contribution in [3.63, 3.8) is 0 Å². The van der Waals surface area contributed by atoms with Crippen LogP contribution in [-0.2, 0) is 0 Å². The lowest BCUT2D eigenvalue weighted by molar-refractivity contribution is 0.0696. The topological polar surface area (TPSA) is 81.2 Å². The van der Waals surface area contributed by atoms with Crippen LogP contribution in [0.1, 0.15) is 30.2 Å². The number of carboxylic acid groups (broad SMARTS) is 1. The predicted octanol–water partition coefficient (Wildman–Crippen LogP) is 3.55. The van der Waals surface area contributed by atoms with E-state index >= 15 is 0 Å². The molecule has 3 heterocycles. The zero-order valence-corrected chi connectivity index (χ0v) is 12.3. The van der Waals surface area contributed by atoms with E-state index in [2.05, 4.69) is 23.8 Å². The molecule has 6 nitrogen and oxygen atoms in total. The van der Waals surface area contributed by atoms with Crippen LogP contribution in [0.15, 0.2) is 34.7 Å². The van der Waals surface area contributed by atoms with Gasteiger partial charge in [-0.05, 0) is 13.8 Å². The molecule has 3 aromatic heterocycles. The smallest absolute Gasteiger partial charge is 0.338 e. The Kier molecular flexibility index (Phi) is 3.34. The molecule has 0 aliphatic carbocycles. The molecule has 0 amide bonds. The van der Waals surface area contributed by atoms with Gasteiger partial charge >= 0.3 is 5.97 Å². The summed E-state index contributed by atoms with van der Waals surface area (Å²) in [6, 6.07) is 1.76. The van der Waals surface area contributed by atoms with E-state index < -0.39 is 5.97 Å². The van der Waals surface area contributed by atoms with Gasteiger partial charge in [-0.1, -0.05) is 0 Å². The molecule has 3 aromatic rings. The first-order valence-corrected chi connectivity index (χ1v) is 7.24. The summed E-state index contributed by atoms with van der Waals surface area (Å²) in [5.41, 5.74) is 1.68. The number of carbonyl (C=O) groups is 1. The number of nitrogens with zero attached hydrogens (tertiary/aromatic N) is 3. The number of hydrogen-bond donors (Lipinski definition) is 1. The number of aromatic nitrogens is 3. The molecular weight excluding hydrogens is 290 g/mol. The number of rotatable bonds is 4. The van der Waals surface area contributed by atoms with Crippen LogP contribution in [0.25, 0.3) is 22.2 Å². The average Bonchev–Trinajstić information content (AvgIpc) is 3.17. The van der Waals surface area contributed by atoms with E-state index in [1.165, 1.54) is 23.7 Å². The molecule has 0 atom stereocenters. The van der Waals surface area contributed by atoms with Crippen molar-refractivity contribution in [1.82, 2.24) is 14.5 Å². The number of hydrogen-bond acceptors (Lipinski definition) is 5. The summed E-state index contributed by atoms with van der Waals surface area (Å²) in [6.07, 6.45) is 4.76. The monoisotopic (exact) mass is 303 g/mol. The Balaban J connectivity index is 1.96. The molecule has 0 radical (unpaired) electrons. The molecule has 108 valence electrons. The van der Waals surface area contributed by atoms with E-state index in [1.54, 1.807) is 12.5 Å². The maximum absolute atomic E-state index is 10.9. The van der Waals surface area contributed by atoms with Crippen molar-refractivity contribution in [1.29, 1.82) is 0 Å². The van der Waals surface area contributed by atoms with Crippen molar-refractivity contribution < 1.29 is 14.3 Å². The van der Waals surface area contributed by atoms with Crippen LogP contribution < -0.4 is 0 Å². The highest BCUT2D eigenvalue weighted by atomic mass is 32.1. The van der Waals surface area contributed by atoms with Crippen molar-refractivity contribution in [3.8, 4) is 22.2 Å². The third kappa shape index (κ3) is 2.47. The minimum atomic E-state index is -1.02. The Morgan fingerprint density at radius 1 is 1.48 bits per heavy atom. The summed E-state index contributed by atoms with van der Waals surface area (Å²) in [5, 5.41) is 11.6. The Morgan fingerprint density at radius 2 is 2.29 bits per heavy atom. The highest BCUT2D eigenvalue weighted by Gasteiger charge is 2.15. The fraction of sp³-hybridized carbons (Fsp3) is 0.214. The highest BCUT2D eigenvalue weighted by Crippen LogP contribution is 2.30. The van der Waals surface area contributed by atoms with E-state index in [0.717, 1.165) is 10.7 Å². The lowest BCUT2D eigenvalue weighted by Crippen LogP contribution is -2.00. The summed E-state index contributed by atoms with van der Waals surface area (Å²) in [6.45, 7) is 4.15. The van der Waals surface area contributed by atoms with Crippen molar-refractivity contribution in [2.45, 2.75) is 19.9 Å². The maximum atomic E-state index is 10.9. The molecule has 0 spiro atoms. The Morgan fingerprint density at radius 3 is 2.95 bits per heavy atom. The summed E-state index contributed by atoms with van der Waals surface area (Å²) in [7, 11) is 0. The first-order valence-electron chi connectivity index (χ1n) is 6.36. The van der Waals surface area contributed by atoms with Gasteiger partial charge in [0, 0.05) is 17.5 Å². The van der Waals surface area contributed by atoms with E-state index in [9.17, 15) is 4.79 Å². The van der Waals surface area contributed by atoms with Gasteiger partial charge < -0.3 is 14.1 Å². The minimum absolute atomic E-state index is 0.117. The first kappa shape index (κ1) is 13.6. The lowest BCUT2D eigenvalue weighted by Gasteiger charge is -2.09. The third-order valence-electron chi connectivity index (χ3n) is 3.04. The molecule has 7 heteroatoms. The van der Waals surface area contributed by atoms with Crippen LogP contribution in [0.4, 0.5) is 0 Å². The number of furan rings is 1. The second-order valence-corrected chi connectivity index (χ2v) is 5.68. The third-order valence-corrected chi connectivity index (χ3v) is 3.91. The van der Waals surface area contributed by atoms with Gasteiger partial charge in [0.1, 0.15) is 17.0 Å². The lowest BCUT2D eigenvalue weighted by atomic mass is 10.3. The largest absolute Gasteiger partial charge is 0.478 e. The van der Waals surface area contributed by atoms with Gasteiger partial charge in [-0.3, -0.25) is 0 Å². The quantitative estimate of drug-likeness (QED) is 0.797. The SMILES string of the molecule is CC(C)n1cncc1-c1nc(-c2cc(C(=O)O)co2)cs1. The predicted molar refractivity (Wildman–Crippen MR) is 78.4 cm³/mol. The van der Waals surface area contributed by atoms with E-state index in [4.69, 9.17) is 9.52 Å². The number of aromatic carboxylic acids is 1. The molecule has 3 rings (SSSR count). The summed E-state index contributed by atoms with van der Waals surface area (Å²) in [5.74, 6) is -0.566. The van der Waals surface area contributed by atoms with Crippen LogP contribution >= 0.6 is 11.3 Å². The molecule has 0 bridgehead atoms. The van der Waals surface area contributed by atoms with Gasteiger partial charge in [-0.25, -0.2) is 14.8 Å². The fourth-order valence-electron chi connectivity index (χ4n) is 1.97. The number of carboxylic acids is 1. The Labute approximate surface area is 124 Å². The van der Waals surface area contributed by atoms with Gasteiger partial charge in [-0.15, -0.1) is 11.3 Å². The molecule has 0 saturated heterocycles. The van der Waals surface area contributed by atoms with Crippen LogP contribution in [0.3, 0.4) is 0 Å². The van der Waals surface area contributed by atoms with Gasteiger partial charge in [0.25, 0.3) is 0 Å². The van der Waals surface area contributed by atoms with E-state index in [0.29, 0.717) is 11.5 Å². The van der Waals surface area contributed by atoms with Gasteiger partial charge in [0.2, 0.25) is 0 Å². The molecule has 0 aromatic carbocycles. The molecule has 0 unspecified atom stereocenters. The summed E-state index contributed by atoms with van der Waals surface area (Å²) in [4.78, 5) is 19.5. The summed E-state index contributed by atoms with van der Waals surface area (Å²) < 4.78 is 7.30. The molecule has 0 aliphatic rings. The van der Waals surface area contributed by atoms with Crippen LogP contribution in [-0.4, -0.2) is 25.6 Å². The normalized spacial score (nSPS) is 11.2. The van der Waals surface area contributed by atoms with Crippen molar-refractivity contribution >= 4 is 17.3 Å². The fourth-order valence-corrected chi connectivity index (χ4v) is 2.79. The molecule has 1 N–H and O–H groups in total. The van der Waals surface area contributed by atoms with Gasteiger partial charge in [-0.2, -0.15) is 0 Å². The molecule has 0 aliphatic heterocycles. The Hall–Kier alpha value is -2.41. The highest BCUT2D eigenvalue weighted by molar-refractivity contribution is 7.13. The van der Waals surface area contributed by atoms with Gasteiger partial charge in [0.05, 0.1) is 23.8 Å². The van der Waals surface area contributed by atoms with E-state index in [-0.39, 0.29) is 11.6 Å². The second-order valence-electron chi connectivity index (χ2n) is 4.82. The van der Waals surface area contributed by atoms with E-state index in [1.807, 2.05) is 9.95 Å². The zero-order chi connectivity index (χ0) is 15.0. The van der Waals surface area contributed by atoms with Crippen molar-refractivity contribution in [3.05, 3.63) is 35.8 Å². The molecule has 0 saturated carbocycles. The minimum Gasteiger partial charge on any atom is -0.478 e.